The second-order valence-corrected chi connectivity index (χ2v) is 4.28. The second kappa shape index (κ2) is 9.05. The third-order valence-corrected chi connectivity index (χ3v) is 2.75. The number of rotatable bonds is 9. The largest absolute Gasteiger partial charge is 0.391 e. The van der Waals surface area contributed by atoms with Crippen molar-refractivity contribution in [3.8, 4) is 0 Å². The van der Waals surface area contributed by atoms with Crippen LogP contribution in [-0.4, -0.2) is 38.6 Å². The van der Waals surface area contributed by atoms with Gasteiger partial charge in [0.2, 0.25) is 0 Å². The van der Waals surface area contributed by atoms with Crippen molar-refractivity contribution in [1.82, 2.24) is 5.32 Å². The van der Waals surface area contributed by atoms with Crippen LogP contribution in [0.2, 0.25) is 0 Å². The van der Waals surface area contributed by atoms with Crippen LogP contribution in [0.4, 0.5) is 0 Å². The van der Waals surface area contributed by atoms with Gasteiger partial charge in [0.05, 0.1) is 19.3 Å². The lowest BCUT2D eigenvalue weighted by molar-refractivity contribution is 0.0594. The molecule has 0 bridgehead atoms. The van der Waals surface area contributed by atoms with Crippen molar-refractivity contribution in [1.29, 1.82) is 0 Å². The smallest absolute Gasteiger partial charge is 0.0785 e. The normalized spacial score (nSPS) is 12.6. The van der Waals surface area contributed by atoms with Crippen molar-refractivity contribution in [2.24, 2.45) is 0 Å². The molecule has 102 valence electrons. The van der Waals surface area contributed by atoms with Crippen molar-refractivity contribution < 1.29 is 14.6 Å². The first-order valence-electron chi connectivity index (χ1n) is 6.21. The first kappa shape index (κ1) is 15.1. The molecule has 0 fully saturated rings. The van der Waals surface area contributed by atoms with Gasteiger partial charge in [0, 0.05) is 20.8 Å². The van der Waals surface area contributed by atoms with E-state index in [1.807, 2.05) is 12.1 Å². The van der Waals surface area contributed by atoms with Gasteiger partial charge in [-0.15, -0.1) is 0 Å². The zero-order chi connectivity index (χ0) is 13.2. The molecular weight excluding hydrogens is 230 g/mol. The van der Waals surface area contributed by atoms with Crippen molar-refractivity contribution in [3.05, 3.63) is 35.4 Å². The molecule has 1 aromatic rings. The average molecular weight is 253 g/mol. The van der Waals surface area contributed by atoms with Crippen molar-refractivity contribution in [2.45, 2.75) is 25.7 Å². The molecule has 0 amide bonds. The first-order valence-corrected chi connectivity index (χ1v) is 6.21. The summed E-state index contributed by atoms with van der Waals surface area (Å²) in [7, 11) is 3.29. The van der Waals surface area contributed by atoms with Gasteiger partial charge in [-0.25, -0.2) is 0 Å². The van der Waals surface area contributed by atoms with Crippen LogP contribution in [0.5, 0.6) is 0 Å². The molecule has 0 aliphatic heterocycles. The fourth-order valence-electron chi connectivity index (χ4n) is 1.79. The van der Waals surface area contributed by atoms with E-state index in [2.05, 4.69) is 17.4 Å². The maximum Gasteiger partial charge on any atom is 0.0785 e. The molecule has 4 heteroatoms. The van der Waals surface area contributed by atoms with Crippen LogP contribution in [-0.2, 0) is 22.6 Å². The Bertz CT molecular complexity index is 331. The highest BCUT2D eigenvalue weighted by Crippen LogP contribution is 2.09. The van der Waals surface area contributed by atoms with Gasteiger partial charge in [-0.3, -0.25) is 0 Å². The van der Waals surface area contributed by atoms with E-state index in [0.717, 1.165) is 13.1 Å². The van der Waals surface area contributed by atoms with E-state index in [9.17, 15) is 5.11 Å². The Morgan fingerprint density at radius 1 is 1.17 bits per heavy atom. The minimum Gasteiger partial charge on any atom is -0.391 e. The predicted molar refractivity (Wildman–Crippen MR) is 71.4 cm³/mol. The summed E-state index contributed by atoms with van der Waals surface area (Å²) in [4.78, 5) is 0. The Hall–Kier alpha value is -0.940. The number of methoxy groups -OCH3 is 2. The maximum absolute atomic E-state index is 9.50. The monoisotopic (exact) mass is 253 g/mol. The zero-order valence-electron chi connectivity index (χ0n) is 11.2. The minimum absolute atomic E-state index is 0.391. The summed E-state index contributed by atoms with van der Waals surface area (Å²) in [6.45, 7) is 2.58. The highest BCUT2D eigenvalue weighted by atomic mass is 16.5. The molecular formula is C14H23NO3. The number of ether oxygens (including phenoxy) is 2. The highest BCUT2D eigenvalue weighted by molar-refractivity contribution is 5.26. The van der Waals surface area contributed by atoms with Gasteiger partial charge in [0.15, 0.2) is 0 Å². The number of aliphatic hydroxyl groups is 1. The maximum atomic E-state index is 9.50. The highest BCUT2D eigenvalue weighted by Gasteiger charge is 2.04. The molecule has 0 aromatic heterocycles. The second-order valence-electron chi connectivity index (χ2n) is 4.28. The molecule has 1 rings (SSSR count). The molecule has 1 atom stereocenters. The summed E-state index contributed by atoms with van der Waals surface area (Å²) in [5.74, 6) is 0. The van der Waals surface area contributed by atoms with Crippen LogP contribution < -0.4 is 5.32 Å². The van der Waals surface area contributed by atoms with Gasteiger partial charge in [-0.2, -0.15) is 0 Å². The van der Waals surface area contributed by atoms with E-state index in [4.69, 9.17) is 9.47 Å². The van der Waals surface area contributed by atoms with Gasteiger partial charge in [0.1, 0.15) is 0 Å². The van der Waals surface area contributed by atoms with Crippen LogP contribution in [0.1, 0.15) is 17.5 Å². The number of aliphatic hydroxyl groups excluding tert-OH is 1. The van der Waals surface area contributed by atoms with Crippen LogP contribution in [0, 0.1) is 0 Å². The third kappa shape index (κ3) is 5.60. The lowest BCUT2D eigenvalue weighted by atomic mass is 10.1. The topological polar surface area (TPSA) is 50.7 Å². The first-order chi connectivity index (χ1) is 8.77. The molecule has 1 unspecified atom stereocenters. The quantitative estimate of drug-likeness (QED) is 0.652. The SMILES string of the molecule is COCc1ccccc1CNCCC(O)COC. The Morgan fingerprint density at radius 2 is 1.89 bits per heavy atom. The van der Waals surface area contributed by atoms with Gasteiger partial charge in [-0.1, -0.05) is 24.3 Å². The standard InChI is InChI=1S/C14H23NO3/c1-17-10-13-6-4-3-5-12(13)9-15-8-7-14(16)11-18-2/h3-6,14-16H,7-11H2,1-2H3. The Balaban J connectivity index is 2.30. The molecule has 0 aliphatic rings. The summed E-state index contributed by atoms with van der Waals surface area (Å²) < 4.78 is 10.0. The van der Waals surface area contributed by atoms with Gasteiger partial charge in [0.25, 0.3) is 0 Å². The zero-order valence-corrected chi connectivity index (χ0v) is 11.2. The van der Waals surface area contributed by atoms with Gasteiger partial charge < -0.3 is 19.9 Å². The molecule has 4 nitrogen and oxygen atoms in total. The summed E-state index contributed by atoms with van der Waals surface area (Å²) in [6.07, 6.45) is 0.303. The molecule has 0 saturated carbocycles. The summed E-state index contributed by atoms with van der Waals surface area (Å²) >= 11 is 0. The van der Waals surface area contributed by atoms with E-state index < -0.39 is 6.10 Å². The van der Waals surface area contributed by atoms with Crippen LogP contribution >= 0.6 is 0 Å². The third-order valence-electron chi connectivity index (χ3n) is 2.75. The number of nitrogens with one attached hydrogen (secondary N) is 1. The Morgan fingerprint density at radius 3 is 2.56 bits per heavy atom. The summed E-state index contributed by atoms with van der Waals surface area (Å²) in [5, 5.41) is 12.8. The lowest BCUT2D eigenvalue weighted by Crippen LogP contribution is -2.23. The minimum atomic E-state index is -0.392. The predicted octanol–water partition coefficient (Wildman–Crippen LogP) is 1.32. The van der Waals surface area contributed by atoms with Crippen LogP contribution in [0.15, 0.2) is 24.3 Å². The Kier molecular flexibility index (Phi) is 7.60. The lowest BCUT2D eigenvalue weighted by Gasteiger charge is -2.12. The average Bonchev–Trinajstić information content (AvgIpc) is 2.37. The van der Waals surface area contributed by atoms with Crippen LogP contribution in [0.25, 0.3) is 0 Å². The fourth-order valence-corrected chi connectivity index (χ4v) is 1.79. The van der Waals surface area contributed by atoms with Crippen molar-refractivity contribution in [3.63, 3.8) is 0 Å². The number of hydrogen-bond acceptors (Lipinski definition) is 4. The van der Waals surface area contributed by atoms with Crippen molar-refractivity contribution >= 4 is 0 Å². The molecule has 2 N–H and O–H groups in total. The molecule has 18 heavy (non-hydrogen) atoms. The van der Waals surface area contributed by atoms with E-state index in [0.29, 0.717) is 19.6 Å². The molecule has 0 aliphatic carbocycles. The fraction of sp³-hybridized carbons (Fsp3) is 0.571. The van der Waals surface area contributed by atoms with E-state index in [-0.39, 0.29) is 0 Å². The number of benzene rings is 1. The summed E-state index contributed by atoms with van der Waals surface area (Å²) in [5.41, 5.74) is 2.44. The molecule has 0 saturated heterocycles. The molecule has 1 aromatic carbocycles. The Labute approximate surface area is 109 Å². The van der Waals surface area contributed by atoms with E-state index in [1.54, 1.807) is 14.2 Å². The molecule has 0 heterocycles. The molecule has 0 spiro atoms. The molecule has 0 radical (unpaired) electrons. The van der Waals surface area contributed by atoms with Gasteiger partial charge in [-0.05, 0) is 24.1 Å². The summed E-state index contributed by atoms with van der Waals surface area (Å²) in [6, 6.07) is 8.20. The van der Waals surface area contributed by atoms with Gasteiger partial charge >= 0.3 is 0 Å². The van der Waals surface area contributed by atoms with E-state index in [1.165, 1.54) is 11.1 Å². The van der Waals surface area contributed by atoms with E-state index >= 15 is 0 Å². The van der Waals surface area contributed by atoms with Crippen LogP contribution in [0.3, 0.4) is 0 Å². The van der Waals surface area contributed by atoms with Crippen molar-refractivity contribution in [2.75, 3.05) is 27.4 Å². The number of hydrogen-bond donors (Lipinski definition) is 2.